The third kappa shape index (κ3) is 1.47. The molecule has 0 unspecified atom stereocenters. The van der Waals surface area contributed by atoms with E-state index in [1.54, 1.807) is 11.0 Å². The number of nitrogens with one attached hydrogen (secondary N) is 1. The molecule has 0 aromatic heterocycles. The fourth-order valence-corrected chi connectivity index (χ4v) is 2.72. The van der Waals surface area contributed by atoms with Crippen LogP contribution in [0.5, 0.6) is 0 Å². The fraction of sp³-hybridized carbons (Fsp3) is 0.385. The second kappa shape index (κ2) is 4.01. The number of methoxy groups -OCH3 is 1. The Kier molecular flexibility index (Phi) is 2.47. The lowest BCUT2D eigenvalue weighted by atomic mass is 10.1. The van der Waals surface area contributed by atoms with Gasteiger partial charge in [-0.15, -0.1) is 0 Å². The molecule has 2 atom stereocenters. The lowest BCUT2D eigenvalue weighted by Gasteiger charge is -2.35. The van der Waals surface area contributed by atoms with Crippen LogP contribution in [0.3, 0.4) is 0 Å². The second-order valence-corrected chi connectivity index (χ2v) is 4.53. The number of hydrogen-bond donors (Lipinski definition) is 1. The Labute approximate surface area is 105 Å². The number of esters is 1. The number of anilines is 1. The number of ether oxygens (including phenoxy) is 1. The van der Waals surface area contributed by atoms with Crippen molar-refractivity contribution in [1.29, 1.82) is 0 Å². The summed E-state index contributed by atoms with van der Waals surface area (Å²) in [7, 11) is 1.35. The van der Waals surface area contributed by atoms with Crippen LogP contribution in [0.1, 0.15) is 23.2 Å². The molecule has 18 heavy (non-hydrogen) atoms. The average molecular weight is 246 g/mol. The summed E-state index contributed by atoms with van der Waals surface area (Å²) in [5.41, 5.74) is 1.46. The molecule has 1 aromatic carbocycles. The third-order valence-corrected chi connectivity index (χ3v) is 3.57. The number of carbonyl (C=O) groups is 2. The molecule has 5 nitrogen and oxygen atoms in total. The quantitative estimate of drug-likeness (QED) is 0.757. The van der Waals surface area contributed by atoms with Crippen LogP contribution in [0.15, 0.2) is 24.3 Å². The van der Waals surface area contributed by atoms with Crippen molar-refractivity contribution in [2.45, 2.75) is 25.0 Å². The monoisotopic (exact) mass is 246 g/mol. The van der Waals surface area contributed by atoms with Crippen molar-refractivity contribution in [1.82, 2.24) is 4.90 Å². The molecule has 1 amide bonds. The Morgan fingerprint density at radius 1 is 1.39 bits per heavy atom. The van der Waals surface area contributed by atoms with Gasteiger partial charge in [-0.1, -0.05) is 12.1 Å². The summed E-state index contributed by atoms with van der Waals surface area (Å²) in [6.45, 7) is 0. The molecule has 2 aliphatic rings. The Hall–Kier alpha value is -2.04. The number of amides is 1. The predicted molar refractivity (Wildman–Crippen MR) is 65.1 cm³/mol. The van der Waals surface area contributed by atoms with Crippen LogP contribution in [0.4, 0.5) is 5.69 Å². The van der Waals surface area contributed by atoms with E-state index in [9.17, 15) is 9.59 Å². The van der Waals surface area contributed by atoms with Crippen molar-refractivity contribution in [3.05, 3.63) is 29.8 Å². The topological polar surface area (TPSA) is 58.6 Å². The number of hydrogen-bond acceptors (Lipinski definition) is 4. The van der Waals surface area contributed by atoms with Crippen LogP contribution in [-0.4, -0.2) is 36.1 Å². The number of nitrogens with zero attached hydrogens (tertiary/aromatic N) is 1. The van der Waals surface area contributed by atoms with E-state index < -0.39 is 6.04 Å². The van der Waals surface area contributed by atoms with Gasteiger partial charge in [0, 0.05) is 5.69 Å². The van der Waals surface area contributed by atoms with E-state index in [0.717, 1.165) is 12.1 Å². The highest BCUT2D eigenvalue weighted by Gasteiger charge is 2.44. The van der Waals surface area contributed by atoms with Gasteiger partial charge in [0.25, 0.3) is 5.91 Å². The highest BCUT2D eigenvalue weighted by Crippen LogP contribution is 2.34. The van der Waals surface area contributed by atoms with Crippen LogP contribution >= 0.6 is 0 Å². The smallest absolute Gasteiger partial charge is 0.328 e. The molecule has 1 N–H and O–H groups in total. The Morgan fingerprint density at radius 2 is 2.17 bits per heavy atom. The van der Waals surface area contributed by atoms with Crippen molar-refractivity contribution >= 4 is 17.6 Å². The second-order valence-electron chi connectivity index (χ2n) is 4.53. The summed E-state index contributed by atoms with van der Waals surface area (Å²) in [6, 6.07) is 6.90. The zero-order valence-electron chi connectivity index (χ0n) is 10.1. The van der Waals surface area contributed by atoms with Crippen LogP contribution in [0.25, 0.3) is 0 Å². The zero-order valence-corrected chi connectivity index (χ0v) is 10.1. The highest BCUT2D eigenvalue weighted by atomic mass is 16.5. The SMILES string of the molecule is COC(=O)[C@@H]1CC[C@@H]2Nc3ccccc3C(=O)N21. The summed E-state index contributed by atoms with van der Waals surface area (Å²) in [5.74, 6) is -0.436. The normalized spacial score (nSPS) is 25.2. The molecule has 5 heteroatoms. The molecule has 2 heterocycles. The molecule has 1 fully saturated rings. The summed E-state index contributed by atoms with van der Waals surface area (Å²) in [6.07, 6.45) is 1.31. The maximum atomic E-state index is 12.4. The van der Waals surface area contributed by atoms with E-state index in [2.05, 4.69) is 5.32 Å². The molecule has 0 saturated carbocycles. The molecule has 0 bridgehead atoms. The van der Waals surface area contributed by atoms with Gasteiger partial charge in [0.15, 0.2) is 0 Å². The van der Waals surface area contributed by atoms with Crippen molar-refractivity contribution < 1.29 is 14.3 Å². The fourth-order valence-electron chi connectivity index (χ4n) is 2.72. The van der Waals surface area contributed by atoms with Gasteiger partial charge in [0.1, 0.15) is 12.2 Å². The van der Waals surface area contributed by atoms with Gasteiger partial charge in [-0.2, -0.15) is 0 Å². The lowest BCUT2D eigenvalue weighted by molar-refractivity contribution is -0.145. The van der Waals surface area contributed by atoms with Gasteiger partial charge >= 0.3 is 5.97 Å². The van der Waals surface area contributed by atoms with Crippen LogP contribution in [-0.2, 0) is 9.53 Å². The first kappa shape index (κ1) is 11.1. The number of benzene rings is 1. The first-order chi connectivity index (χ1) is 8.72. The highest BCUT2D eigenvalue weighted by molar-refractivity contribution is 6.03. The molecule has 3 rings (SSSR count). The van der Waals surface area contributed by atoms with E-state index in [1.165, 1.54) is 7.11 Å². The molecule has 0 spiro atoms. The molecular formula is C13H14N2O3. The summed E-state index contributed by atoms with van der Waals surface area (Å²) >= 11 is 0. The maximum Gasteiger partial charge on any atom is 0.328 e. The molecule has 1 aromatic rings. The molecule has 0 radical (unpaired) electrons. The number of para-hydroxylation sites is 1. The Bertz CT molecular complexity index is 515. The van der Waals surface area contributed by atoms with Crippen molar-refractivity contribution in [2.24, 2.45) is 0 Å². The van der Waals surface area contributed by atoms with Crippen LogP contribution < -0.4 is 5.32 Å². The molecule has 0 aliphatic carbocycles. The average Bonchev–Trinajstić information content (AvgIpc) is 2.82. The first-order valence-corrected chi connectivity index (χ1v) is 5.98. The standard InChI is InChI=1S/C13H14N2O3/c1-18-13(17)10-6-7-11-14-9-5-3-2-4-8(9)12(16)15(10)11/h2-5,10-11,14H,6-7H2,1H3/t10-,11+/m0/s1. The van der Waals surface area contributed by atoms with E-state index in [0.29, 0.717) is 12.0 Å². The van der Waals surface area contributed by atoms with E-state index in [1.807, 2.05) is 18.2 Å². The van der Waals surface area contributed by atoms with E-state index in [4.69, 9.17) is 4.74 Å². The van der Waals surface area contributed by atoms with Crippen molar-refractivity contribution in [3.63, 3.8) is 0 Å². The third-order valence-electron chi connectivity index (χ3n) is 3.57. The predicted octanol–water partition coefficient (Wildman–Crippen LogP) is 1.22. The number of carbonyl (C=O) groups excluding carboxylic acids is 2. The van der Waals surface area contributed by atoms with Gasteiger partial charge < -0.3 is 15.0 Å². The minimum atomic E-state index is -0.464. The van der Waals surface area contributed by atoms with Gasteiger partial charge in [-0.25, -0.2) is 4.79 Å². The van der Waals surface area contributed by atoms with E-state index >= 15 is 0 Å². The van der Waals surface area contributed by atoms with Crippen molar-refractivity contribution in [2.75, 3.05) is 12.4 Å². The molecule has 2 aliphatic heterocycles. The van der Waals surface area contributed by atoms with Gasteiger partial charge in [0.05, 0.1) is 12.7 Å². The van der Waals surface area contributed by atoms with Gasteiger partial charge in [0.2, 0.25) is 0 Å². The summed E-state index contributed by atoms with van der Waals surface area (Å²) < 4.78 is 4.76. The number of fused-ring (bicyclic) bond motifs is 2. The van der Waals surface area contributed by atoms with Crippen molar-refractivity contribution in [3.8, 4) is 0 Å². The molecular weight excluding hydrogens is 232 g/mol. The van der Waals surface area contributed by atoms with E-state index in [-0.39, 0.29) is 18.0 Å². The molecule has 1 saturated heterocycles. The maximum absolute atomic E-state index is 12.4. The first-order valence-electron chi connectivity index (χ1n) is 5.98. The minimum Gasteiger partial charge on any atom is -0.467 e. The van der Waals surface area contributed by atoms with Gasteiger partial charge in [-0.05, 0) is 25.0 Å². The lowest BCUT2D eigenvalue weighted by Crippen LogP contribution is -2.51. The minimum absolute atomic E-state index is 0.0951. The Balaban J connectivity index is 1.98. The van der Waals surface area contributed by atoms with Gasteiger partial charge in [-0.3, -0.25) is 4.79 Å². The number of rotatable bonds is 1. The Morgan fingerprint density at radius 3 is 2.94 bits per heavy atom. The zero-order chi connectivity index (χ0) is 12.7. The largest absolute Gasteiger partial charge is 0.467 e. The summed E-state index contributed by atoms with van der Waals surface area (Å²) in [4.78, 5) is 25.7. The van der Waals surface area contributed by atoms with Crippen LogP contribution in [0.2, 0.25) is 0 Å². The summed E-state index contributed by atoms with van der Waals surface area (Å²) in [5, 5.41) is 3.30. The van der Waals surface area contributed by atoms with Crippen LogP contribution in [0, 0.1) is 0 Å². The molecule has 94 valence electrons.